The molecule has 0 aliphatic heterocycles. The minimum atomic E-state index is -0.0487. The van der Waals surface area contributed by atoms with Crippen LogP contribution in [0.3, 0.4) is 0 Å². The monoisotopic (exact) mass is 227 g/mol. The Bertz CT molecular complexity index is 502. The number of guanidine groups is 1. The van der Waals surface area contributed by atoms with Gasteiger partial charge in [-0.15, -0.1) is 0 Å². The Morgan fingerprint density at radius 1 is 1.36 bits per heavy atom. The Kier molecular flexibility index (Phi) is 2.22. The molecule has 0 unspecified atom stereocenters. The highest BCUT2D eigenvalue weighted by Crippen LogP contribution is 2.32. The summed E-state index contributed by atoms with van der Waals surface area (Å²) in [5, 5.41) is 0.457. The van der Waals surface area contributed by atoms with E-state index in [9.17, 15) is 0 Å². The average molecular weight is 228 g/mol. The van der Waals surface area contributed by atoms with Crippen molar-refractivity contribution >= 4 is 46.0 Å². The van der Waals surface area contributed by atoms with Gasteiger partial charge in [-0.05, 0) is 12.1 Å². The molecule has 2 aromatic rings. The molecule has 4 N–H and O–H groups in total. The zero-order valence-electron chi connectivity index (χ0n) is 6.94. The van der Waals surface area contributed by atoms with Gasteiger partial charge in [0, 0.05) is 0 Å². The molecule has 0 aliphatic carbocycles. The van der Waals surface area contributed by atoms with Crippen molar-refractivity contribution in [1.82, 2.24) is 8.75 Å². The van der Waals surface area contributed by atoms with Gasteiger partial charge in [0.15, 0.2) is 5.96 Å². The molecule has 7 heteroatoms. The molecule has 72 valence electrons. The molecular formula is C7H6ClN5S. The Labute approximate surface area is 88.7 Å². The predicted octanol–water partition coefficient (Wildman–Crippen LogP) is 1.25. The van der Waals surface area contributed by atoms with E-state index in [1.165, 1.54) is 0 Å². The third-order valence-corrected chi connectivity index (χ3v) is 2.44. The van der Waals surface area contributed by atoms with E-state index in [2.05, 4.69) is 13.7 Å². The van der Waals surface area contributed by atoms with Crippen molar-refractivity contribution in [2.75, 3.05) is 0 Å². The summed E-state index contributed by atoms with van der Waals surface area (Å²) in [6.45, 7) is 0. The first-order chi connectivity index (χ1) is 6.68. The zero-order valence-corrected chi connectivity index (χ0v) is 8.51. The SMILES string of the molecule is NC(N)=Nc1c(Cl)ccc2nsnc12. The number of fused-ring (bicyclic) bond motifs is 1. The summed E-state index contributed by atoms with van der Waals surface area (Å²) in [6.07, 6.45) is 0. The van der Waals surface area contributed by atoms with Crippen molar-refractivity contribution in [3.8, 4) is 0 Å². The summed E-state index contributed by atoms with van der Waals surface area (Å²) < 4.78 is 8.11. The fraction of sp³-hybridized carbons (Fsp3) is 0. The van der Waals surface area contributed by atoms with Crippen LogP contribution in [0.1, 0.15) is 0 Å². The molecule has 14 heavy (non-hydrogen) atoms. The summed E-state index contributed by atoms with van der Waals surface area (Å²) in [4.78, 5) is 3.90. The predicted molar refractivity (Wildman–Crippen MR) is 57.9 cm³/mol. The van der Waals surface area contributed by atoms with Crippen LogP contribution in [0.2, 0.25) is 5.02 Å². The van der Waals surface area contributed by atoms with E-state index >= 15 is 0 Å². The Hall–Kier alpha value is -1.40. The van der Waals surface area contributed by atoms with E-state index in [0.29, 0.717) is 16.2 Å². The van der Waals surface area contributed by atoms with Gasteiger partial charge in [0.25, 0.3) is 0 Å². The van der Waals surface area contributed by atoms with Gasteiger partial charge in [-0.2, -0.15) is 8.75 Å². The lowest BCUT2D eigenvalue weighted by atomic mass is 10.3. The highest BCUT2D eigenvalue weighted by atomic mass is 35.5. The number of benzene rings is 1. The minimum absolute atomic E-state index is 0.0487. The first-order valence-electron chi connectivity index (χ1n) is 3.69. The standard InChI is InChI=1S/C7H6ClN5S/c8-3-1-2-4-6(13-14-12-4)5(3)11-7(9)10/h1-2H,(H4,9,10,11). The molecule has 0 fully saturated rings. The van der Waals surface area contributed by atoms with Crippen LogP contribution in [0.25, 0.3) is 11.0 Å². The number of nitrogens with zero attached hydrogens (tertiary/aromatic N) is 3. The van der Waals surface area contributed by atoms with Gasteiger partial charge in [0.2, 0.25) is 0 Å². The molecule has 1 aromatic heterocycles. The maximum atomic E-state index is 5.92. The number of hydrogen-bond donors (Lipinski definition) is 2. The van der Waals surface area contributed by atoms with Crippen LogP contribution in [-0.2, 0) is 0 Å². The van der Waals surface area contributed by atoms with Crippen molar-refractivity contribution in [2.24, 2.45) is 16.5 Å². The van der Waals surface area contributed by atoms with E-state index in [-0.39, 0.29) is 5.96 Å². The molecule has 0 atom stereocenters. The number of aliphatic imine (C=N–C) groups is 1. The van der Waals surface area contributed by atoms with Crippen LogP contribution in [0.5, 0.6) is 0 Å². The van der Waals surface area contributed by atoms with Gasteiger partial charge in [-0.3, -0.25) is 0 Å². The summed E-state index contributed by atoms with van der Waals surface area (Å²) >= 11 is 7.02. The molecule has 2 rings (SSSR count). The zero-order chi connectivity index (χ0) is 10.1. The van der Waals surface area contributed by atoms with Crippen LogP contribution in [0.4, 0.5) is 5.69 Å². The lowest BCUT2D eigenvalue weighted by molar-refractivity contribution is 1.43. The van der Waals surface area contributed by atoms with Crippen molar-refractivity contribution in [1.29, 1.82) is 0 Å². The molecule has 0 saturated carbocycles. The van der Waals surface area contributed by atoms with Crippen molar-refractivity contribution < 1.29 is 0 Å². The lowest BCUT2D eigenvalue weighted by Gasteiger charge is -1.98. The molecular weight excluding hydrogens is 222 g/mol. The quantitative estimate of drug-likeness (QED) is 0.567. The fourth-order valence-corrected chi connectivity index (χ4v) is 1.78. The fourth-order valence-electron chi connectivity index (χ4n) is 1.05. The second-order valence-corrected chi connectivity index (χ2v) is 3.50. The number of halogens is 1. The van der Waals surface area contributed by atoms with E-state index in [0.717, 1.165) is 17.2 Å². The van der Waals surface area contributed by atoms with E-state index in [4.69, 9.17) is 23.1 Å². The first-order valence-corrected chi connectivity index (χ1v) is 4.79. The van der Waals surface area contributed by atoms with Gasteiger partial charge < -0.3 is 11.5 Å². The van der Waals surface area contributed by atoms with Crippen LogP contribution in [0, 0.1) is 0 Å². The normalized spacial score (nSPS) is 10.4. The van der Waals surface area contributed by atoms with E-state index in [1.54, 1.807) is 12.1 Å². The lowest BCUT2D eigenvalue weighted by Crippen LogP contribution is -2.21. The van der Waals surface area contributed by atoms with E-state index < -0.39 is 0 Å². The average Bonchev–Trinajstić information content (AvgIpc) is 2.57. The summed E-state index contributed by atoms with van der Waals surface area (Å²) in [6, 6.07) is 3.46. The number of hydrogen-bond acceptors (Lipinski definition) is 4. The number of rotatable bonds is 1. The summed E-state index contributed by atoms with van der Waals surface area (Å²) in [7, 11) is 0. The van der Waals surface area contributed by atoms with Gasteiger partial charge in [0.1, 0.15) is 16.7 Å². The first kappa shape index (κ1) is 9.17. The molecule has 1 aromatic carbocycles. The van der Waals surface area contributed by atoms with Gasteiger partial charge in [-0.25, -0.2) is 4.99 Å². The summed E-state index contributed by atoms with van der Waals surface area (Å²) in [5.74, 6) is -0.0487. The molecule has 0 radical (unpaired) electrons. The highest BCUT2D eigenvalue weighted by Gasteiger charge is 2.08. The smallest absolute Gasteiger partial charge is 0.191 e. The second-order valence-electron chi connectivity index (χ2n) is 2.56. The Morgan fingerprint density at radius 2 is 2.14 bits per heavy atom. The molecule has 0 aliphatic rings. The molecule has 5 nitrogen and oxygen atoms in total. The highest BCUT2D eigenvalue weighted by molar-refractivity contribution is 7.00. The Balaban J connectivity index is 2.76. The molecule has 0 spiro atoms. The van der Waals surface area contributed by atoms with Crippen molar-refractivity contribution in [3.05, 3.63) is 17.2 Å². The van der Waals surface area contributed by atoms with Crippen LogP contribution < -0.4 is 11.5 Å². The second kappa shape index (κ2) is 3.39. The van der Waals surface area contributed by atoms with Crippen molar-refractivity contribution in [2.45, 2.75) is 0 Å². The van der Waals surface area contributed by atoms with Crippen LogP contribution in [-0.4, -0.2) is 14.7 Å². The molecule has 0 bridgehead atoms. The minimum Gasteiger partial charge on any atom is -0.370 e. The molecule has 0 saturated heterocycles. The maximum absolute atomic E-state index is 5.92. The molecule has 1 heterocycles. The third-order valence-electron chi connectivity index (χ3n) is 1.59. The topological polar surface area (TPSA) is 90.2 Å². The van der Waals surface area contributed by atoms with Crippen LogP contribution >= 0.6 is 23.3 Å². The van der Waals surface area contributed by atoms with E-state index in [1.807, 2.05) is 0 Å². The number of nitrogens with two attached hydrogens (primary N) is 2. The van der Waals surface area contributed by atoms with Crippen LogP contribution in [0.15, 0.2) is 17.1 Å². The van der Waals surface area contributed by atoms with Gasteiger partial charge in [-0.1, -0.05) is 11.6 Å². The Morgan fingerprint density at radius 3 is 2.86 bits per heavy atom. The third kappa shape index (κ3) is 1.49. The number of aromatic nitrogens is 2. The van der Waals surface area contributed by atoms with Gasteiger partial charge >= 0.3 is 0 Å². The van der Waals surface area contributed by atoms with Gasteiger partial charge in [0.05, 0.1) is 16.8 Å². The maximum Gasteiger partial charge on any atom is 0.191 e. The van der Waals surface area contributed by atoms with Crippen molar-refractivity contribution in [3.63, 3.8) is 0 Å². The largest absolute Gasteiger partial charge is 0.370 e. The molecule has 0 amide bonds. The summed E-state index contributed by atoms with van der Waals surface area (Å²) in [5.41, 5.74) is 12.4.